The van der Waals surface area contributed by atoms with Crippen LogP contribution < -0.4 is 10.1 Å². The predicted octanol–water partition coefficient (Wildman–Crippen LogP) is 3.49. The highest BCUT2D eigenvalue weighted by Crippen LogP contribution is 2.42. The fourth-order valence-electron chi connectivity index (χ4n) is 2.76. The maximum Gasteiger partial charge on any atom is 0.132 e. The average molecular weight is 283 g/mol. The first-order valence-corrected chi connectivity index (χ1v) is 7.43. The molecule has 1 aliphatic rings. The summed E-state index contributed by atoms with van der Waals surface area (Å²) in [7, 11) is 0. The van der Waals surface area contributed by atoms with Crippen molar-refractivity contribution in [3.05, 3.63) is 59.7 Å². The number of aliphatic hydroxyl groups is 1. The fourth-order valence-corrected chi connectivity index (χ4v) is 2.76. The molecule has 0 amide bonds. The van der Waals surface area contributed by atoms with Crippen LogP contribution in [0.2, 0.25) is 0 Å². The van der Waals surface area contributed by atoms with Crippen LogP contribution in [0, 0.1) is 5.92 Å². The lowest BCUT2D eigenvalue weighted by Crippen LogP contribution is -2.40. The van der Waals surface area contributed by atoms with E-state index in [1.165, 1.54) is 0 Å². The van der Waals surface area contributed by atoms with E-state index in [0.29, 0.717) is 5.92 Å². The molecule has 2 N–H and O–H groups in total. The van der Waals surface area contributed by atoms with Crippen LogP contribution in [-0.4, -0.2) is 17.8 Å². The molecule has 0 saturated carbocycles. The van der Waals surface area contributed by atoms with Crippen LogP contribution in [0.4, 0.5) is 0 Å². The van der Waals surface area contributed by atoms with Gasteiger partial charge in [0.15, 0.2) is 0 Å². The first-order valence-electron chi connectivity index (χ1n) is 7.43. The van der Waals surface area contributed by atoms with Crippen molar-refractivity contribution in [1.82, 2.24) is 5.32 Å². The molecule has 0 saturated heterocycles. The molecule has 110 valence electrons. The Morgan fingerprint density at radius 3 is 2.00 bits per heavy atom. The minimum absolute atomic E-state index is 0.0469. The van der Waals surface area contributed by atoms with Gasteiger partial charge in [-0.3, -0.25) is 0 Å². The number of nitrogens with one attached hydrogen (secondary N) is 1. The minimum Gasteiger partial charge on any atom is -0.457 e. The number of benzene rings is 2. The van der Waals surface area contributed by atoms with Gasteiger partial charge in [0.2, 0.25) is 0 Å². The Kier molecular flexibility index (Phi) is 3.95. The molecule has 21 heavy (non-hydrogen) atoms. The summed E-state index contributed by atoms with van der Waals surface area (Å²) in [6.45, 7) is 4.36. The number of ether oxygens (including phenoxy) is 1. The van der Waals surface area contributed by atoms with Crippen LogP contribution in [0.1, 0.15) is 31.0 Å². The molecular weight excluding hydrogens is 262 g/mol. The maximum absolute atomic E-state index is 9.63. The summed E-state index contributed by atoms with van der Waals surface area (Å²) in [6.07, 6.45) is 0. The lowest BCUT2D eigenvalue weighted by Gasteiger charge is -2.32. The molecule has 2 aromatic carbocycles. The van der Waals surface area contributed by atoms with E-state index in [1.54, 1.807) is 0 Å². The Morgan fingerprint density at radius 1 is 1.00 bits per heavy atom. The number of hydrogen-bond acceptors (Lipinski definition) is 3. The van der Waals surface area contributed by atoms with Gasteiger partial charge in [-0.1, -0.05) is 50.2 Å². The van der Waals surface area contributed by atoms with E-state index in [4.69, 9.17) is 4.74 Å². The van der Waals surface area contributed by atoms with Crippen LogP contribution >= 0.6 is 0 Å². The average Bonchev–Trinajstić information content (AvgIpc) is 2.51. The van der Waals surface area contributed by atoms with Crippen molar-refractivity contribution in [3.63, 3.8) is 0 Å². The zero-order chi connectivity index (χ0) is 14.8. The van der Waals surface area contributed by atoms with Crippen LogP contribution in [0.5, 0.6) is 11.5 Å². The Bertz CT molecular complexity index is 579. The molecule has 3 heteroatoms. The highest BCUT2D eigenvalue weighted by Gasteiger charge is 2.29. The van der Waals surface area contributed by atoms with Gasteiger partial charge in [0.25, 0.3) is 0 Å². The summed E-state index contributed by atoms with van der Waals surface area (Å²) in [4.78, 5) is 0. The van der Waals surface area contributed by atoms with Crippen molar-refractivity contribution in [3.8, 4) is 11.5 Å². The third-order valence-electron chi connectivity index (χ3n) is 4.06. The quantitative estimate of drug-likeness (QED) is 0.902. The summed E-state index contributed by atoms with van der Waals surface area (Å²) in [6, 6.07) is 16.2. The lowest BCUT2D eigenvalue weighted by molar-refractivity contribution is 0.202. The monoisotopic (exact) mass is 283 g/mol. The van der Waals surface area contributed by atoms with Gasteiger partial charge in [-0.2, -0.15) is 0 Å². The van der Waals surface area contributed by atoms with Crippen molar-refractivity contribution in [2.24, 2.45) is 5.92 Å². The molecule has 0 aliphatic carbocycles. The van der Waals surface area contributed by atoms with Gasteiger partial charge in [-0.15, -0.1) is 0 Å². The van der Waals surface area contributed by atoms with Crippen molar-refractivity contribution in [2.45, 2.75) is 25.9 Å². The zero-order valence-electron chi connectivity index (χ0n) is 12.4. The van der Waals surface area contributed by atoms with E-state index in [1.807, 2.05) is 36.4 Å². The van der Waals surface area contributed by atoms with Crippen molar-refractivity contribution >= 4 is 0 Å². The fraction of sp³-hybridized carbons (Fsp3) is 0.333. The van der Waals surface area contributed by atoms with Gasteiger partial charge in [0.05, 0.1) is 12.6 Å². The Morgan fingerprint density at radius 2 is 1.52 bits per heavy atom. The molecule has 3 nitrogen and oxygen atoms in total. The van der Waals surface area contributed by atoms with E-state index in [2.05, 4.69) is 31.3 Å². The van der Waals surface area contributed by atoms with E-state index in [-0.39, 0.29) is 18.7 Å². The first-order chi connectivity index (χ1) is 10.2. The molecule has 3 rings (SSSR count). The minimum atomic E-state index is 0.0469. The molecule has 1 aliphatic heterocycles. The van der Waals surface area contributed by atoms with Gasteiger partial charge in [-0.25, -0.2) is 0 Å². The van der Waals surface area contributed by atoms with Crippen LogP contribution in [0.15, 0.2) is 48.5 Å². The molecule has 2 aromatic rings. The molecule has 0 aromatic heterocycles. The maximum atomic E-state index is 9.63. The molecule has 1 heterocycles. The Balaban J connectivity index is 2.02. The predicted molar refractivity (Wildman–Crippen MR) is 83.6 cm³/mol. The molecule has 0 spiro atoms. The summed E-state index contributed by atoms with van der Waals surface area (Å²) in [5.41, 5.74) is 2.24. The summed E-state index contributed by atoms with van der Waals surface area (Å²) in [5, 5.41) is 13.2. The smallest absolute Gasteiger partial charge is 0.132 e. The molecular formula is C18H21NO2. The second-order valence-corrected chi connectivity index (χ2v) is 5.81. The van der Waals surface area contributed by atoms with Gasteiger partial charge in [0, 0.05) is 17.2 Å². The highest BCUT2D eigenvalue weighted by atomic mass is 16.5. The van der Waals surface area contributed by atoms with E-state index < -0.39 is 0 Å². The van der Waals surface area contributed by atoms with Crippen LogP contribution in [-0.2, 0) is 0 Å². The van der Waals surface area contributed by atoms with Crippen LogP contribution in [0.3, 0.4) is 0 Å². The SMILES string of the molecule is CC(C)[C@@H](CO)NC1c2ccccc2Oc2ccccc21. The number of fused-ring (bicyclic) bond motifs is 2. The normalized spacial score (nSPS) is 15.2. The highest BCUT2D eigenvalue weighted by molar-refractivity contribution is 5.52. The van der Waals surface area contributed by atoms with E-state index >= 15 is 0 Å². The molecule has 0 radical (unpaired) electrons. The summed E-state index contributed by atoms with van der Waals surface area (Å²) >= 11 is 0. The van der Waals surface area contributed by atoms with Crippen molar-refractivity contribution < 1.29 is 9.84 Å². The summed E-state index contributed by atoms with van der Waals surface area (Å²) in [5.74, 6) is 2.13. The van der Waals surface area contributed by atoms with E-state index in [9.17, 15) is 5.11 Å². The standard InChI is InChI=1S/C18H21NO2/c1-12(2)15(11-20)19-18-13-7-3-5-9-16(13)21-17-10-6-4-8-14(17)18/h3-10,12,15,18-20H,11H2,1-2H3/t15-/m1/s1. The van der Waals surface area contributed by atoms with Gasteiger partial charge >= 0.3 is 0 Å². The molecule has 1 atom stereocenters. The van der Waals surface area contributed by atoms with Gasteiger partial charge in [-0.05, 0) is 18.1 Å². The van der Waals surface area contributed by atoms with Crippen molar-refractivity contribution in [2.75, 3.05) is 6.61 Å². The van der Waals surface area contributed by atoms with Crippen LogP contribution in [0.25, 0.3) is 0 Å². The number of hydrogen-bond donors (Lipinski definition) is 2. The second kappa shape index (κ2) is 5.88. The van der Waals surface area contributed by atoms with E-state index in [0.717, 1.165) is 22.6 Å². The van der Waals surface area contributed by atoms with Gasteiger partial charge in [0.1, 0.15) is 11.5 Å². The number of rotatable bonds is 4. The molecule has 0 unspecified atom stereocenters. The Hall–Kier alpha value is -1.84. The zero-order valence-corrected chi connectivity index (χ0v) is 12.4. The number of aliphatic hydroxyl groups excluding tert-OH is 1. The largest absolute Gasteiger partial charge is 0.457 e. The molecule has 0 bridgehead atoms. The van der Waals surface area contributed by atoms with Gasteiger partial charge < -0.3 is 15.2 Å². The number of para-hydroxylation sites is 2. The third kappa shape index (κ3) is 2.67. The summed E-state index contributed by atoms with van der Waals surface area (Å²) < 4.78 is 5.98. The molecule has 0 fully saturated rings. The topological polar surface area (TPSA) is 41.5 Å². The lowest BCUT2D eigenvalue weighted by atomic mass is 9.92. The Labute approximate surface area is 125 Å². The van der Waals surface area contributed by atoms with Crippen molar-refractivity contribution in [1.29, 1.82) is 0 Å². The third-order valence-corrected chi connectivity index (χ3v) is 4.06. The first kappa shape index (κ1) is 14.1. The second-order valence-electron chi connectivity index (χ2n) is 5.81.